The first-order valence-electron chi connectivity index (χ1n) is 2.18. The van der Waals surface area contributed by atoms with Crippen molar-refractivity contribution in [3.8, 4) is 0 Å². The Labute approximate surface area is 57.7 Å². The molecule has 9 heavy (non-hydrogen) atoms. The molecule has 1 unspecified atom stereocenters. The van der Waals surface area contributed by atoms with Crippen LogP contribution in [0.15, 0.2) is 0 Å². The van der Waals surface area contributed by atoms with Gasteiger partial charge >= 0.3 is 12.4 Å². The molecule has 0 aromatic rings. The molecule has 1 amide bonds. The van der Waals surface area contributed by atoms with Crippen LogP contribution in [0.1, 0.15) is 0 Å². The van der Waals surface area contributed by atoms with Crippen molar-refractivity contribution in [2.75, 3.05) is 5.75 Å². The fourth-order valence-corrected chi connectivity index (χ4v) is 0.504. The zero-order chi connectivity index (χ0) is 7.28. The van der Waals surface area contributed by atoms with Crippen molar-refractivity contribution in [2.24, 2.45) is 0 Å². The Kier molecular flexibility index (Phi) is 3.87. The molecule has 1 atom stereocenters. The van der Waals surface area contributed by atoms with Crippen LogP contribution in [0.5, 0.6) is 0 Å². The number of hydrogen-bond acceptors (Lipinski definition) is 3. The van der Waals surface area contributed by atoms with E-state index in [9.17, 15) is 9.59 Å². The maximum atomic E-state index is 10.0. The smallest absolute Gasteiger partial charge is 0.327 e. The van der Waals surface area contributed by atoms with Crippen LogP contribution in [-0.2, 0) is 9.59 Å². The van der Waals surface area contributed by atoms with Gasteiger partial charge in [0.2, 0.25) is 0 Å². The molecule has 0 saturated carbocycles. The molecule has 2 N–H and O–H groups in total. The second kappa shape index (κ2) is 4.20. The summed E-state index contributed by atoms with van der Waals surface area (Å²) in [7, 11) is 0. The standard InChI is InChI=1S/C4H6NO3S/c6-2-5-3(1-9)4(7)8/h3,9H,1H2,(H,5,6)(H,7,8). The van der Waals surface area contributed by atoms with Crippen molar-refractivity contribution >= 4 is 25.0 Å². The number of carbonyl (C=O) groups excluding carboxylic acids is 1. The maximum Gasteiger partial charge on any atom is 0.327 e. The molecule has 0 rings (SSSR count). The fourth-order valence-electron chi connectivity index (χ4n) is 0.257. The van der Waals surface area contributed by atoms with E-state index in [4.69, 9.17) is 5.11 Å². The van der Waals surface area contributed by atoms with E-state index in [1.165, 1.54) is 6.41 Å². The zero-order valence-electron chi connectivity index (χ0n) is 4.50. The summed E-state index contributed by atoms with van der Waals surface area (Å²) in [5, 5.41) is 10.2. The summed E-state index contributed by atoms with van der Waals surface area (Å²) in [6.07, 6.45) is 1.27. The molecule has 0 fully saturated rings. The van der Waals surface area contributed by atoms with E-state index < -0.39 is 12.0 Å². The minimum atomic E-state index is -1.10. The van der Waals surface area contributed by atoms with Crippen LogP contribution in [0.25, 0.3) is 0 Å². The molecule has 0 heterocycles. The lowest BCUT2D eigenvalue weighted by Gasteiger charge is -2.04. The van der Waals surface area contributed by atoms with E-state index in [1.807, 2.05) is 5.32 Å². The summed E-state index contributed by atoms with van der Waals surface area (Å²) < 4.78 is 0. The first kappa shape index (κ1) is 8.29. The zero-order valence-corrected chi connectivity index (χ0v) is 5.39. The normalized spacial score (nSPS) is 12.1. The van der Waals surface area contributed by atoms with Crippen LogP contribution < -0.4 is 5.32 Å². The first-order chi connectivity index (χ1) is 4.22. The molecule has 5 heteroatoms. The molecular formula is C4H6NO3S. The van der Waals surface area contributed by atoms with Crippen molar-refractivity contribution in [1.29, 1.82) is 0 Å². The summed E-state index contributed by atoms with van der Waals surface area (Å²) in [4.78, 5) is 19.6. The summed E-state index contributed by atoms with van der Waals surface area (Å²) >= 11 is 3.67. The number of amides is 1. The maximum absolute atomic E-state index is 10.0. The van der Waals surface area contributed by atoms with Crippen LogP contribution in [0, 0.1) is 0 Å². The van der Waals surface area contributed by atoms with Crippen LogP contribution >= 0.6 is 12.6 Å². The topological polar surface area (TPSA) is 66.4 Å². The summed E-state index contributed by atoms with van der Waals surface area (Å²) in [5.41, 5.74) is 0. The predicted molar refractivity (Wildman–Crippen MR) is 34.1 cm³/mol. The Morgan fingerprint density at radius 1 is 1.89 bits per heavy atom. The van der Waals surface area contributed by atoms with Gasteiger partial charge in [-0.1, -0.05) is 0 Å². The second-order valence-electron chi connectivity index (χ2n) is 1.32. The molecule has 0 aliphatic heterocycles. The highest BCUT2D eigenvalue weighted by Gasteiger charge is 2.12. The molecule has 0 aromatic carbocycles. The number of aliphatic carboxylic acids is 1. The third kappa shape index (κ3) is 2.97. The fraction of sp³-hybridized carbons (Fsp3) is 0.500. The monoisotopic (exact) mass is 148 g/mol. The number of carboxylic acid groups (broad SMARTS) is 1. The number of carbonyl (C=O) groups is 1. The van der Waals surface area contributed by atoms with Crippen molar-refractivity contribution in [3.63, 3.8) is 0 Å². The first-order valence-corrected chi connectivity index (χ1v) is 2.82. The van der Waals surface area contributed by atoms with Gasteiger partial charge in [-0.15, -0.1) is 0 Å². The number of nitrogens with one attached hydrogen (secondary N) is 1. The van der Waals surface area contributed by atoms with Gasteiger partial charge in [-0.05, 0) is 0 Å². The number of hydrogen-bond donors (Lipinski definition) is 3. The van der Waals surface area contributed by atoms with Gasteiger partial charge in [-0.25, -0.2) is 4.79 Å². The molecule has 51 valence electrons. The molecule has 0 aromatic heterocycles. The van der Waals surface area contributed by atoms with E-state index in [0.29, 0.717) is 0 Å². The van der Waals surface area contributed by atoms with E-state index in [-0.39, 0.29) is 5.75 Å². The SMILES string of the molecule is O=[C]NC(CS)C(=O)O. The summed E-state index contributed by atoms with van der Waals surface area (Å²) in [6, 6.07) is -0.925. The van der Waals surface area contributed by atoms with Gasteiger partial charge in [0, 0.05) is 5.75 Å². The Morgan fingerprint density at radius 3 is 2.56 bits per heavy atom. The second-order valence-corrected chi connectivity index (χ2v) is 1.68. The molecule has 1 radical (unpaired) electrons. The number of thiol groups is 1. The Balaban J connectivity index is 3.67. The minimum absolute atomic E-state index is 0.0740. The van der Waals surface area contributed by atoms with Gasteiger partial charge < -0.3 is 10.4 Å². The highest BCUT2D eigenvalue weighted by Crippen LogP contribution is 1.84. The lowest BCUT2D eigenvalue weighted by Crippen LogP contribution is -2.37. The Morgan fingerprint density at radius 2 is 2.44 bits per heavy atom. The minimum Gasteiger partial charge on any atom is -0.480 e. The van der Waals surface area contributed by atoms with Crippen LogP contribution in [0.2, 0.25) is 0 Å². The highest BCUT2D eigenvalue weighted by atomic mass is 32.1. The molecule has 0 saturated heterocycles. The third-order valence-electron chi connectivity index (χ3n) is 0.714. The van der Waals surface area contributed by atoms with Crippen molar-refractivity contribution < 1.29 is 14.7 Å². The van der Waals surface area contributed by atoms with Gasteiger partial charge in [-0.2, -0.15) is 12.6 Å². The van der Waals surface area contributed by atoms with Gasteiger partial charge in [0.15, 0.2) is 0 Å². The molecule has 0 aliphatic carbocycles. The van der Waals surface area contributed by atoms with Crippen LogP contribution in [-0.4, -0.2) is 29.3 Å². The molecule has 4 nitrogen and oxygen atoms in total. The quantitative estimate of drug-likeness (QED) is 0.355. The lowest BCUT2D eigenvalue weighted by atomic mass is 10.3. The lowest BCUT2D eigenvalue weighted by molar-refractivity contribution is -0.138. The predicted octanol–water partition coefficient (Wildman–Crippen LogP) is -0.974. The Bertz CT molecular complexity index is 116. The molecule has 0 bridgehead atoms. The van der Waals surface area contributed by atoms with E-state index in [0.717, 1.165) is 0 Å². The van der Waals surface area contributed by atoms with Crippen LogP contribution in [0.4, 0.5) is 0 Å². The highest BCUT2D eigenvalue weighted by molar-refractivity contribution is 7.80. The number of carboxylic acids is 1. The van der Waals surface area contributed by atoms with E-state index in [2.05, 4.69) is 12.6 Å². The Hall–Kier alpha value is -0.710. The van der Waals surface area contributed by atoms with E-state index in [1.54, 1.807) is 0 Å². The van der Waals surface area contributed by atoms with Crippen molar-refractivity contribution in [1.82, 2.24) is 5.32 Å². The average molecular weight is 148 g/mol. The van der Waals surface area contributed by atoms with Crippen molar-refractivity contribution in [2.45, 2.75) is 6.04 Å². The van der Waals surface area contributed by atoms with Gasteiger partial charge in [0.25, 0.3) is 0 Å². The third-order valence-corrected chi connectivity index (χ3v) is 1.08. The molecule has 0 aliphatic rings. The van der Waals surface area contributed by atoms with Crippen molar-refractivity contribution in [3.05, 3.63) is 0 Å². The van der Waals surface area contributed by atoms with Crippen LogP contribution in [0.3, 0.4) is 0 Å². The van der Waals surface area contributed by atoms with E-state index >= 15 is 0 Å². The van der Waals surface area contributed by atoms with Gasteiger partial charge in [-0.3, -0.25) is 4.79 Å². The largest absolute Gasteiger partial charge is 0.480 e. The summed E-state index contributed by atoms with van der Waals surface area (Å²) in [6.45, 7) is 0. The summed E-state index contributed by atoms with van der Waals surface area (Å²) in [5.74, 6) is -1.03. The van der Waals surface area contributed by atoms with Gasteiger partial charge in [0.05, 0.1) is 0 Å². The molecular weight excluding hydrogens is 142 g/mol. The molecule has 0 spiro atoms. The average Bonchev–Trinajstić information content (AvgIpc) is 1.82. The van der Waals surface area contributed by atoms with Gasteiger partial charge in [0.1, 0.15) is 6.04 Å². The number of rotatable bonds is 4.